The number of piperazine rings is 1. The second-order valence-corrected chi connectivity index (χ2v) is 8.76. The van der Waals surface area contributed by atoms with Crippen molar-refractivity contribution in [3.63, 3.8) is 0 Å². The van der Waals surface area contributed by atoms with E-state index in [1.54, 1.807) is 16.4 Å². The molecule has 1 aromatic carbocycles. The van der Waals surface area contributed by atoms with Crippen LogP contribution in [0.2, 0.25) is 0 Å². The van der Waals surface area contributed by atoms with Gasteiger partial charge in [0.15, 0.2) is 0 Å². The fourth-order valence-electron chi connectivity index (χ4n) is 2.98. The molecule has 0 saturated carbocycles. The third kappa shape index (κ3) is 5.52. The molecule has 25 heavy (non-hydrogen) atoms. The van der Waals surface area contributed by atoms with Crippen LogP contribution in [-0.2, 0) is 14.8 Å². The average Bonchev–Trinajstić information content (AvgIpc) is 2.59. The number of carboxylic acid groups (broad SMARTS) is 1. The molecule has 1 aliphatic heterocycles. The average molecular weight is 368 g/mol. The molecule has 1 saturated heterocycles. The smallest absolute Gasteiger partial charge is 0.303 e. The molecule has 0 bridgehead atoms. The Kier molecular flexibility index (Phi) is 6.98. The van der Waals surface area contributed by atoms with Gasteiger partial charge in [-0.25, -0.2) is 8.42 Å². The Balaban J connectivity index is 1.87. The van der Waals surface area contributed by atoms with Gasteiger partial charge in [-0.1, -0.05) is 26.0 Å². The van der Waals surface area contributed by atoms with Gasteiger partial charge in [-0.05, 0) is 43.0 Å². The standard InChI is InChI=1S/C18H28N2O4S/c1-15(2)16-6-8-17(9-7-16)25(23,24)20-13-11-19(12-14-20)10-4-3-5-18(21)22/h6-9,15H,3-5,10-14H2,1-2H3,(H,21,22). The Morgan fingerprint density at radius 3 is 2.20 bits per heavy atom. The molecule has 0 unspecified atom stereocenters. The lowest BCUT2D eigenvalue weighted by Crippen LogP contribution is -2.48. The van der Waals surface area contributed by atoms with Gasteiger partial charge in [0.2, 0.25) is 10.0 Å². The van der Waals surface area contributed by atoms with Crippen LogP contribution in [-0.4, -0.2) is 61.4 Å². The molecular weight excluding hydrogens is 340 g/mol. The summed E-state index contributed by atoms with van der Waals surface area (Å²) < 4.78 is 27.1. The monoisotopic (exact) mass is 368 g/mol. The van der Waals surface area contributed by atoms with Crippen LogP contribution in [0.15, 0.2) is 29.2 Å². The number of nitrogens with zero attached hydrogens (tertiary/aromatic N) is 2. The molecule has 0 aliphatic carbocycles. The molecule has 1 aliphatic rings. The second kappa shape index (κ2) is 8.78. The lowest BCUT2D eigenvalue weighted by atomic mass is 10.0. The molecule has 0 radical (unpaired) electrons. The minimum absolute atomic E-state index is 0.195. The summed E-state index contributed by atoms with van der Waals surface area (Å²) >= 11 is 0. The molecule has 6 nitrogen and oxygen atoms in total. The van der Waals surface area contributed by atoms with Crippen molar-refractivity contribution >= 4 is 16.0 Å². The highest BCUT2D eigenvalue weighted by Crippen LogP contribution is 2.21. The zero-order valence-electron chi connectivity index (χ0n) is 15.0. The van der Waals surface area contributed by atoms with Crippen molar-refractivity contribution in [1.82, 2.24) is 9.21 Å². The van der Waals surface area contributed by atoms with Crippen molar-refractivity contribution in [2.45, 2.75) is 43.9 Å². The first-order chi connectivity index (χ1) is 11.8. The first-order valence-corrected chi connectivity index (χ1v) is 10.3. The number of hydrogen-bond donors (Lipinski definition) is 1. The molecular formula is C18H28N2O4S. The quantitative estimate of drug-likeness (QED) is 0.713. The highest BCUT2D eigenvalue weighted by atomic mass is 32.2. The van der Waals surface area contributed by atoms with Gasteiger partial charge in [0, 0.05) is 32.6 Å². The number of unbranched alkanes of at least 4 members (excludes halogenated alkanes) is 1. The molecule has 0 amide bonds. The van der Waals surface area contributed by atoms with Gasteiger partial charge in [0.25, 0.3) is 0 Å². The molecule has 2 rings (SSSR count). The zero-order valence-corrected chi connectivity index (χ0v) is 15.8. The lowest BCUT2D eigenvalue weighted by Gasteiger charge is -2.34. The van der Waals surface area contributed by atoms with Gasteiger partial charge < -0.3 is 10.0 Å². The molecule has 0 aromatic heterocycles. The molecule has 1 N–H and O–H groups in total. The summed E-state index contributed by atoms with van der Waals surface area (Å²) in [5.74, 6) is -0.388. The van der Waals surface area contributed by atoms with Crippen LogP contribution in [0.3, 0.4) is 0 Å². The van der Waals surface area contributed by atoms with E-state index in [-0.39, 0.29) is 6.42 Å². The maximum Gasteiger partial charge on any atom is 0.303 e. The Labute approximate surface area is 150 Å². The Morgan fingerprint density at radius 2 is 1.68 bits per heavy atom. The van der Waals surface area contributed by atoms with Gasteiger partial charge in [-0.15, -0.1) is 0 Å². The number of aliphatic carboxylic acids is 1. The van der Waals surface area contributed by atoms with Crippen LogP contribution in [0.1, 0.15) is 44.6 Å². The predicted molar refractivity (Wildman–Crippen MR) is 97.2 cm³/mol. The molecule has 0 spiro atoms. The van der Waals surface area contributed by atoms with Crippen LogP contribution < -0.4 is 0 Å². The van der Waals surface area contributed by atoms with E-state index in [1.807, 2.05) is 12.1 Å². The fourth-order valence-corrected chi connectivity index (χ4v) is 4.40. The molecule has 1 heterocycles. The van der Waals surface area contributed by atoms with E-state index in [0.29, 0.717) is 43.4 Å². The van der Waals surface area contributed by atoms with E-state index in [2.05, 4.69) is 18.7 Å². The summed E-state index contributed by atoms with van der Waals surface area (Å²) in [4.78, 5) is 13.1. The van der Waals surface area contributed by atoms with Gasteiger partial charge in [0.1, 0.15) is 0 Å². The minimum atomic E-state index is -3.44. The topological polar surface area (TPSA) is 77.9 Å². The highest BCUT2D eigenvalue weighted by Gasteiger charge is 2.28. The number of carbonyl (C=O) groups is 1. The first kappa shape index (κ1) is 19.9. The van der Waals surface area contributed by atoms with Crippen LogP contribution in [0.4, 0.5) is 0 Å². The molecule has 1 fully saturated rings. The predicted octanol–water partition coefficient (Wildman–Crippen LogP) is 2.37. The third-order valence-corrected chi connectivity index (χ3v) is 6.54. The summed E-state index contributed by atoms with van der Waals surface area (Å²) in [5, 5.41) is 8.64. The van der Waals surface area contributed by atoms with Crippen molar-refractivity contribution in [2.24, 2.45) is 0 Å². The van der Waals surface area contributed by atoms with Crippen LogP contribution in [0.5, 0.6) is 0 Å². The van der Waals surface area contributed by atoms with Crippen molar-refractivity contribution in [2.75, 3.05) is 32.7 Å². The number of hydrogen-bond acceptors (Lipinski definition) is 4. The van der Waals surface area contributed by atoms with E-state index in [4.69, 9.17) is 5.11 Å². The first-order valence-electron chi connectivity index (χ1n) is 8.85. The molecule has 140 valence electrons. The summed E-state index contributed by atoms with van der Waals surface area (Å²) in [6.45, 7) is 7.33. The highest BCUT2D eigenvalue weighted by molar-refractivity contribution is 7.89. The van der Waals surface area contributed by atoms with E-state index in [1.165, 1.54) is 0 Å². The molecule has 0 atom stereocenters. The number of rotatable bonds is 8. The number of sulfonamides is 1. The van der Waals surface area contributed by atoms with Gasteiger partial charge in [-0.2, -0.15) is 4.31 Å². The zero-order chi connectivity index (χ0) is 18.4. The van der Waals surface area contributed by atoms with Gasteiger partial charge in [0.05, 0.1) is 4.90 Å². The number of benzene rings is 1. The van der Waals surface area contributed by atoms with E-state index in [9.17, 15) is 13.2 Å². The largest absolute Gasteiger partial charge is 0.481 e. The summed E-state index contributed by atoms with van der Waals surface area (Å²) in [6, 6.07) is 7.17. The van der Waals surface area contributed by atoms with E-state index < -0.39 is 16.0 Å². The van der Waals surface area contributed by atoms with Crippen LogP contribution in [0, 0.1) is 0 Å². The summed E-state index contributed by atoms with van der Waals surface area (Å²) in [5.41, 5.74) is 1.13. The van der Waals surface area contributed by atoms with Crippen LogP contribution >= 0.6 is 0 Å². The minimum Gasteiger partial charge on any atom is -0.481 e. The maximum absolute atomic E-state index is 12.8. The van der Waals surface area contributed by atoms with Crippen molar-refractivity contribution < 1.29 is 18.3 Å². The second-order valence-electron chi connectivity index (χ2n) is 6.82. The van der Waals surface area contributed by atoms with E-state index >= 15 is 0 Å². The summed E-state index contributed by atoms with van der Waals surface area (Å²) in [6.07, 6.45) is 1.69. The summed E-state index contributed by atoms with van der Waals surface area (Å²) in [7, 11) is -3.44. The Morgan fingerprint density at radius 1 is 1.08 bits per heavy atom. The molecule has 7 heteroatoms. The third-order valence-electron chi connectivity index (χ3n) is 4.63. The van der Waals surface area contributed by atoms with Gasteiger partial charge in [-0.3, -0.25) is 4.79 Å². The van der Waals surface area contributed by atoms with Crippen molar-refractivity contribution in [1.29, 1.82) is 0 Å². The van der Waals surface area contributed by atoms with Crippen LogP contribution in [0.25, 0.3) is 0 Å². The Bertz CT molecular complexity index is 663. The van der Waals surface area contributed by atoms with Gasteiger partial charge >= 0.3 is 5.97 Å². The lowest BCUT2D eigenvalue weighted by molar-refractivity contribution is -0.137. The van der Waals surface area contributed by atoms with Crippen molar-refractivity contribution in [3.05, 3.63) is 29.8 Å². The SMILES string of the molecule is CC(C)c1ccc(S(=O)(=O)N2CCN(CCCCC(=O)O)CC2)cc1. The molecule has 1 aromatic rings. The van der Waals surface area contributed by atoms with Crippen molar-refractivity contribution in [3.8, 4) is 0 Å². The maximum atomic E-state index is 12.8. The normalized spacial score (nSPS) is 17.1. The van der Waals surface area contributed by atoms with E-state index in [0.717, 1.165) is 18.5 Å². The Hall–Kier alpha value is -1.44. The fraction of sp³-hybridized carbons (Fsp3) is 0.611. The number of carboxylic acids is 1.